The average molecular weight is 587 g/mol. The van der Waals surface area contributed by atoms with Gasteiger partial charge in [0.25, 0.3) is 5.79 Å². The highest BCUT2D eigenvalue weighted by atomic mass is 16.7. The molecule has 0 radical (unpaired) electrons. The maximum absolute atomic E-state index is 12.3. The van der Waals surface area contributed by atoms with Crippen LogP contribution in [0.1, 0.15) is 26.7 Å². The molecule has 2 rings (SSSR count). The van der Waals surface area contributed by atoms with E-state index in [9.17, 15) is 65.4 Å². The molecule has 2 aliphatic rings. The largest absolute Gasteiger partial charge is 0.477 e. The SMILES string of the molecule is CC(=O)N[C@H]1[C@H]([C@H](O)[C@H](O)CO)O[C@](O)(CO[C@@]2(C(=O)O)C[C@H](O)[C@@H](NC(C)=O)[C@H]([C@H](O)[C@H](O)CO)O2)C[C@@H]1O. The van der Waals surface area contributed by atoms with Crippen LogP contribution in [0, 0.1) is 0 Å². The Labute approximate surface area is 227 Å². The second kappa shape index (κ2) is 13.7. The zero-order chi connectivity index (χ0) is 30.6. The molecule has 40 heavy (non-hydrogen) atoms. The minimum absolute atomic E-state index is 0.678. The van der Waals surface area contributed by atoms with Crippen LogP contribution >= 0.6 is 0 Å². The summed E-state index contributed by atoms with van der Waals surface area (Å²) in [4.78, 5) is 35.6. The van der Waals surface area contributed by atoms with Crippen LogP contribution in [-0.4, -0.2) is 161 Å². The van der Waals surface area contributed by atoms with Crippen molar-refractivity contribution in [2.45, 2.75) is 99.2 Å². The van der Waals surface area contributed by atoms with E-state index in [0.717, 1.165) is 13.8 Å². The van der Waals surface area contributed by atoms with Gasteiger partial charge in [-0.05, 0) is 0 Å². The lowest BCUT2D eigenvalue weighted by atomic mass is 9.88. The number of carboxylic acid groups (broad SMARTS) is 1. The molecule has 0 spiro atoms. The first-order valence-corrected chi connectivity index (χ1v) is 12.3. The molecule has 2 saturated heterocycles. The van der Waals surface area contributed by atoms with Crippen molar-refractivity contribution in [1.29, 1.82) is 0 Å². The Morgan fingerprint density at radius 2 is 1.27 bits per heavy atom. The summed E-state index contributed by atoms with van der Waals surface area (Å²) in [5, 5.41) is 106. The fourth-order valence-corrected chi connectivity index (χ4v) is 4.67. The van der Waals surface area contributed by atoms with Crippen molar-refractivity contribution >= 4 is 17.8 Å². The van der Waals surface area contributed by atoms with Crippen LogP contribution in [0.5, 0.6) is 0 Å². The van der Waals surface area contributed by atoms with E-state index in [0.29, 0.717) is 0 Å². The highest BCUT2D eigenvalue weighted by molar-refractivity contribution is 5.76. The lowest BCUT2D eigenvalue weighted by molar-refractivity contribution is -0.360. The predicted molar refractivity (Wildman–Crippen MR) is 126 cm³/mol. The van der Waals surface area contributed by atoms with Gasteiger partial charge in [-0.2, -0.15) is 0 Å². The average Bonchev–Trinajstić information content (AvgIpc) is 2.88. The van der Waals surface area contributed by atoms with Gasteiger partial charge in [-0.25, -0.2) is 4.79 Å². The number of hydrogen-bond acceptors (Lipinski definition) is 15. The number of aliphatic carboxylic acids is 1. The molecule has 0 bridgehead atoms. The lowest BCUT2D eigenvalue weighted by Gasteiger charge is -2.49. The number of aliphatic hydroxyl groups is 9. The van der Waals surface area contributed by atoms with Gasteiger partial charge in [-0.3, -0.25) is 9.59 Å². The fraction of sp³-hybridized carbons (Fsp3) is 0.864. The van der Waals surface area contributed by atoms with Crippen LogP contribution in [0.2, 0.25) is 0 Å². The first-order valence-electron chi connectivity index (χ1n) is 12.3. The van der Waals surface area contributed by atoms with Gasteiger partial charge >= 0.3 is 5.97 Å². The molecule has 18 heteroatoms. The Balaban J connectivity index is 2.37. The number of rotatable bonds is 12. The topological polar surface area (TPSA) is 305 Å². The summed E-state index contributed by atoms with van der Waals surface area (Å²) in [6.45, 7) is -0.967. The molecule has 2 heterocycles. The highest BCUT2D eigenvalue weighted by Crippen LogP contribution is 2.37. The molecular formula is C22H38N2O16. The number of amides is 2. The minimum Gasteiger partial charge on any atom is -0.477 e. The van der Waals surface area contributed by atoms with Gasteiger partial charge in [-0.15, -0.1) is 0 Å². The van der Waals surface area contributed by atoms with Gasteiger partial charge in [0.2, 0.25) is 11.8 Å². The standard InChI is InChI=1S/C22H38N2O16/c1-8(27)23-14-10(29)3-21(37,39-18(14)16(33)12(31)5-25)7-38-22(20(35)36)4-11(30)15(24-9(2)28)19(40-22)17(34)13(32)6-26/h10-19,25-26,29-34,37H,3-7H2,1-2H3,(H,23,27)(H,24,28)(H,35,36)/t10-,11-,12+,13+,14+,15+,16+,17+,18+,19+,21-,22-/m0/s1. The molecule has 0 aromatic rings. The molecule has 0 unspecified atom stereocenters. The molecular weight excluding hydrogens is 548 g/mol. The monoisotopic (exact) mass is 586 g/mol. The zero-order valence-electron chi connectivity index (χ0n) is 21.7. The molecule has 18 nitrogen and oxygen atoms in total. The van der Waals surface area contributed by atoms with E-state index in [1.807, 2.05) is 0 Å². The summed E-state index contributed by atoms with van der Waals surface area (Å²) in [5.41, 5.74) is 0. The first-order chi connectivity index (χ1) is 18.5. The van der Waals surface area contributed by atoms with Crippen molar-refractivity contribution in [2.24, 2.45) is 0 Å². The van der Waals surface area contributed by atoms with E-state index in [1.54, 1.807) is 0 Å². The van der Waals surface area contributed by atoms with Crippen LogP contribution in [0.3, 0.4) is 0 Å². The molecule has 0 aromatic carbocycles. The Kier molecular flexibility index (Phi) is 11.7. The summed E-state index contributed by atoms with van der Waals surface area (Å²) >= 11 is 0. The van der Waals surface area contributed by atoms with Crippen LogP contribution in [0.25, 0.3) is 0 Å². The van der Waals surface area contributed by atoms with Crippen molar-refractivity contribution in [2.75, 3.05) is 19.8 Å². The van der Waals surface area contributed by atoms with Crippen LogP contribution in [0.4, 0.5) is 0 Å². The Morgan fingerprint density at radius 3 is 1.68 bits per heavy atom. The van der Waals surface area contributed by atoms with Crippen molar-refractivity contribution in [3.8, 4) is 0 Å². The summed E-state index contributed by atoms with van der Waals surface area (Å²) in [6, 6.07) is -2.87. The quantitative estimate of drug-likeness (QED) is 0.101. The lowest BCUT2D eigenvalue weighted by Crippen LogP contribution is -2.69. The van der Waals surface area contributed by atoms with E-state index < -0.39 is 123 Å². The highest BCUT2D eigenvalue weighted by Gasteiger charge is 2.58. The molecule has 12 N–H and O–H groups in total. The number of carbonyl (C=O) groups is 3. The van der Waals surface area contributed by atoms with E-state index >= 15 is 0 Å². The van der Waals surface area contributed by atoms with Gasteiger partial charge in [0.1, 0.15) is 43.2 Å². The minimum atomic E-state index is -2.85. The summed E-state index contributed by atoms with van der Waals surface area (Å²) in [5.74, 6) is -8.74. The second-order valence-corrected chi connectivity index (χ2v) is 9.93. The Bertz CT molecular complexity index is 895. The molecule has 0 aliphatic carbocycles. The van der Waals surface area contributed by atoms with Gasteiger partial charge in [-0.1, -0.05) is 0 Å². The molecule has 2 aliphatic heterocycles. The molecule has 0 saturated carbocycles. The second-order valence-electron chi connectivity index (χ2n) is 9.93. The molecule has 2 amide bonds. The van der Waals surface area contributed by atoms with E-state index in [1.165, 1.54) is 0 Å². The molecule has 12 atom stereocenters. The maximum atomic E-state index is 12.3. The molecule has 232 valence electrons. The first kappa shape index (κ1) is 34.1. The number of carboxylic acids is 1. The van der Waals surface area contributed by atoms with E-state index in [4.69, 9.17) is 14.2 Å². The predicted octanol–water partition coefficient (Wildman–Crippen LogP) is -6.79. The third kappa shape index (κ3) is 7.81. The van der Waals surface area contributed by atoms with Crippen LogP contribution in [-0.2, 0) is 28.6 Å². The number of nitrogens with one attached hydrogen (secondary N) is 2. The van der Waals surface area contributed by atoms with Crippen molar-refractivity contribution < 1.29 is 79.7 Å². The van der Waals surface area contributed by atoms with Crippen LogP contribution < -0.4 is 10.6 Å². The number of hydrogen-bond donors (Lipinski definition) is 12. The van der Waals surface area contributed by atoms with Gasteiger partial charge < -0.3 is 75.9 Å². The van der Waals surface area contributed by atoms with Gasteiger partial charge in [0.15, 0.2) is 5.79 Å². The van der Waals surface area contributed by atoms with E-state index in [-0.39, 0.29) is 0 Å². The van der Waals surface area contributed by atoms with Crippen molar-refractivity contribution in [3.63, 3.8) is 0 Å². The third-order valence-corrected chi connectivity index (χ3v) is 6.66. The van der Waals surface area contributed by atoms with Crippen LogP contribution in [0.15, 0.2) is 0 Å². The zero-order valence-corrected chi connectivity index (χ0v) is 21.7. The number of carbonyl (C=O) groups excluding carboxylic acids is 2. The number of aliphatic hydroxyl groups excluding tert-OH is 8. The summed E-state index contributed by atoms with van der Waals surface area (Å²) < 4.78 is 16.2. The normalized spacial score (nSPS) is 37.6. The Morgan fingerprint density at radius 1 is 0.850 bits per heavy atom. The molecule has 0 aromatic heterocycles. The van der Waals surface area contributed by atoms with Crippen molar-refractivity contribution in [3.05, 3.63) is 0 Å². The van der Waals surface area contributed by atoms with E-state index in [2.05, 4.69) is 10.6 Å². The summed E-state index contributed by atoms with van der Waals surface area (Å²) in [7, 11) is 0. The maximum Gasteiger partial charge on any atom is 0.364 e. The number of ether oxygens (including phenoxy) is 3. The fourth-order valence-electron chi connectivity index (χ4n) is 4.67. The van der Waals surface area contributed by atoms with Gasteiger partial charge in [0.05, 0.1) is 37.5 Å². The van der Waals surface area contributed by atoms with Gasteiger partial charge in [0, 0.05) is 26.7 Å². The van der Waals surface area contributed by atoms with Crippen molar-refractivity contribution in [1.82, 2.24) is 10.6 Å². The molecule has 2 fully saturated rings. The Hall–Kier alpha value is -2.07. The summed E-state index contributed by atoms with van der Waals surface area (Å²) in [6.07, 6.45) is -16.4. The third-order valence-electron chi connectivity index (χ3n) is 6.66. The smallest absolute Gasteiger partial charge is 0.364 e.